The van der Waals surface area contributed by atoms with E-state index in [1.165, 1.54) is 5.56 Å². The van der Waals surface area contributed by atoms with Gasteiger partial charge in [-0.3, -0.25) is 4.79 Å². The molecule has 1 amide bonds. The van der Waals surface area contributed by atoms with Crippen LogP contribution in [0, 0.1) is 0 Å². The molecule has 0 spiro atoms. The van der Waals surface area contributed by atoms with Crippen molar-refractivity contribution < 1.29 is 9.21 Å². The molecule has 0 unspecified atom stereocenters. The van der Waals surface area contributed by atoms with Gasteiger partial charge in [0, 0.05) is 30.6 Å². The number of amides is 1. The zero-order chi connectivity index (χ0) is 16.4. The molecule has 0 atom stereocenters. The normalized spacial score (nSPS) is 13.1. The van der Waals surface area contributed by atoms with Crippen molar-refractivity contribution in [1.82, 2.24) is 4.98 Å². The Kier molecular flexibility index (Phi) is 3.87. The third kappa shape index (κ3) is 2.83. The molecule has 3 aromatic rings. The fourth-order valence-electron chi connectivity index (χ4n) is 3.11. The third-order valence-corrected chi connectivity index (χ3v) is 4.35. The van der Waals surface area contributed by atoms with E-state index in [9.17, 15) is 4.79 Å². The lowest BCUT2D eigenvalue weighted by Crippen LogP contribution is -2.29. The summed E-state index contributed by atoms with van der Waals surface area (Å²) in [7, 11) is 0. The second-order valence-electron chi connectivity index (χ2n) is 5.91. The first kappa shape index (κ1) is 14.7. The quantitative estimate of drug-likeness (QED) is 0.734. The van der Waals surface area contributed by atoms with Crippen molar-refractivity contribution in [1.29, 1.82) is 0 Å². The second kappa shape index (κ2) is 6.32. The molecule has 4 nitrogen and oxygen atoms in total. The maximum Gasteiger partial charge on any atom is 0.227 e. The number of hydrogen-bond acceptors (Lipinski definition) is 3. The zero-order valence-corrected chi connectivity index (χ0v) is 13.3. The van der Waals surface area contributed by atoms with Gasteiger partial charge >= 0.3 is 0 Å². The molecule has 1 aliphatic heterocycles. The highest BCUT2D eigenvalue weighted by Crippen LogP contribution is 2.28. The van der Waals surface area contributed by atoms with Crippen molar-refractivity contribution in [2.75, 3.05) is 11.4 Å². The average molecular weight is 318 g/mol. The second-order valence-corrected chi connectivity index (χ2v) is 5.91. The van der Waals surface area contributed by atoms with E-state index in [4.69, 9.17) is 4.42 Å². The van der Waals surface area contributed by atoms with E-state index in [2.05, 4.69) is 11.1 Å². The number of carbonyl (C=O) groups is 1. The van der Waals surface area contributed by atoms with E-state index in [1.54, 1.807) is 6.20 Å². The summed E-state index contributed by atoms with van der Waals surface area (Å²) in [5, 5.41) is 0. The van der Waals surface area contributed by atoms with Gasteiger partial charge in [-0.05, 0) is 18.1 Å². The lowest BCUT2D eigenvalue weighted by Gasteiger charge is -2.16. The summed E-state index contributed by atoms with van der Waals surface area (Å²) in [5.74, 6) is 1.47. The minimum atomic E-state index is 0.124. The molecule has 0 saturated carbocycles. The van der Waals surface area contributed by atoms with Crippen molar-refractivity contribution in [3.05, 3.63) is 72.2 Å². The Labute approximate surface area is 140 Å². The van der Waals surface area contributed by atoms with Gasteiger partial charge in [0.05, 0.1) is 6.20 Å². The summed E-state index contributed by atoms with van der Waals surface area (Å²) < 4.78 is 5.77. The zero-order valence-electron chi connectivity index (χ0n) is 13.3. The van der Waals surface area contributed by atoms with E-state index >= 15 is 0 Å². The van der Waals surface area contributed by atoms with Crippen molar-refractivity contribution >= 4 is 11.6 Å². The summed E-state index contributed by atoms with van der Waals surface area (Å²) in [6.45, 7) is 0.763. The number of aryl methyl sites for hydroxylation is 1. The minimum absolute atomic E-state index is 0.124. The molecule has 0 saturated heterocycles. The molecular weight excluding hydrogens is 300 g/mol. The van der Waals surface area contributed by atoms with Crippen LogP contribution in [0.1, 0.15) is 17.9 Å². The van der Waals surface area contributed by atoms with Crippen molar-refractivity contribution in [3.63, 3.8) is 0 Å². The van der Waals surface area contributed by atoms with Gasteiger partial charge in [0.25, 0.3) is 0 Å². The topological polar surface area (TPSA) is 46.3 Å². The first-order valence-electron chi connectivity index (χ1n) is 8.19. The molecule has 0 radical (unpaired) electrons. The highest BCUT2D eigenvalue weighted by atomic mass is 16.4. The van der Waals surface area contributed by atoms with Crippen molar-refractivity contribution in [2.45, 2.75) is 19.3 Å². The van der Waals surface area contributed by atoms with Gasteiger partial charge in [0.1, 0.15) is 0 Å². The molecule has 2 aromatic carbocycles. The smallest absolute Gasteiger partial charge is 0.227 e. The Balaban J connectivity index is 1.41. The number of oxazole rings is 1. The average Bonchev–Trinajstić information content (AvgIpc) is 3.27. The van der Waals surface area contributed by atoms with Crippen molar-refractivity contribution in [2.24, 2.45) is 0 Å². The Morgan fingerprint density at radius 3 is 2.75 bits per heavy atom. The van der Waals surface area contributed by atoms with E-state index < -0.39 is 0 Å². The van der Waals surface area contributed by atoms with Gasteiger partial charge < -0.3 is 9.32 Å². The molecular formula is C20H18N2O2. The molecule has 0 bridgehead atoms. The van der Waals surface area contributed by atoms with Crippen LogP contribution < -0.4 is 4.90 Å². The van der Waals surface area contributed by atoms with Crippen LogP contribution in [-0.2, 0) is 17.6 Å². The van der Waals surface area contributed by atoms with Crippen LogP contribution in [0.5, 0.6) is 0 Å². The number of anilines is 1. The fraction of sp³-hybridized carbons (Fsp3) is 0.200. The summed E-state index contributed by atoms with van der Waals surface area (Å²) in [5.41, 5.74) is 3.28. The Hall–Kier alpha value is -2.88. The standard InChI is InChI=1S/C20H18N2O2/c23-20(22-13-12-15-6-4-5-9-17(15)22)11-10-19-21-14-18(24-19)16-7-2-1-3-8-16/h1-9,14H,10-13H2. The maximum absolute atomic E-state index is 12.5. The van der Waals surface area contributed by atoms with Gasteiger partial charge in [-0.25, -0.2) is 4.98 Å². The number of carbonyl (C=O) groups excluding carboxylic acids is 1. The summed E-state index contributed by atoms with van der Waals surface area (Å²) >= 11 is 0. The van der Waals surface area contributed by atoms with Crippen LogP contribution in [0.3, 0.4) is 0 Å². The predicted molar refractivity (Wildman–Crippen MR) is 92.8 cm³/mol. The highest BCUT2D eigenvalue weighted by molar-refractivity contribution is 5.95. The van der Waals surface area contributed by atoms with Crippen LogP contribution in [0.4, 0.5) is 5.69 Å². The molecule has 120 valence electrons. The van der Waals surface area contributed by atoms with Crippen LogP contribution in [-0.4, -0.2) is 17.4 Å². The first-order chi connectivity index (χ1) is 11.8. The summed E-state index contributed by atoms with van der Waals surface area (Å²) in [6, 6.07) is 18.0. The van der Waals surface area contributed by atoms with Gasteiger partial charge in [-0.2, -0.15) is 0 Å². The molecule has 0 aliphatic carbocycles. The fourth-order valence-corrected chi connectivity index (χ4v) is 3.11. The molecule has 4 heteroatoms. The maximum atomic E-state index is 12.5. The lowest BCUT2D eigenvalue weighted by atomic mass is 10.2. The number of fused-ring (bicyclic) bond motifs is 1. The summed E-state index contributed by atoms with van der Waals surface area (Å²) in [6.07, 6.45) is 3.58. The number of benzene rings is 2. The molecule has 1 aromatic heterocycles. The van der Waals surface area contributed by atoms with E-state index in [1.807, 2.05) is 53.4 Å². The number of rotatable bonds is 4. The van der Waals surface area contributed by atoms with Crippen molar-refractivity contribution in [3.8, 4) is 11.3 Å². The lowest BCUT2D eigenvalue weighted by molar-refractivity contribution is -0.118. The number of para-hydroxylation sites is 1. The Morgan fingerprint density at radius 2 is 1.88 bits per heavy atom. The third-order valence-electron chi connectivity index (χ3n) is 4.35. The Bertz CT molecular complexity index is 855. The SMILES string of the molecule is O=C(CCc1ncc(-c2ccccc2)o1)N1CCc2ccccc21. The van der Waals surface area contributed by atoms with E-state index in [0.717, 1.165) is 30.0 Å². The number of hydrogen-bond donors (Lipinski definition) is 0. The highest BCUT2D eigenvalue weighted by Gasteiger charge is 2.24. The van der Waals surface area contributed by atoms with Gasteiger partial charge in [0.15, 0.2) is 11.7 Å². The Morgan fingerprint density at radius 1 is 1.08 bits per heavy atom. The van der Waals surface area contributed by atoms with E-state index in [-0.39, 0.29) is 5.91 Å². The monoisotopic (exact) mass is 318 g/mol. The van der Waals surface area contributed by atoms with Gasteiger partial charge in [0.2, 0.25) is 5.91 Å². The largest absolute Gasteiger partial charge is 0.441 e. The summed E-state index contributed by atoms with van der Waals surface area (Å²) in [4.78, 5) is 18.7. The van der Waals surface area contributed by atoms with Crippen LogP contribution in [0.25, 0.3) is 11.3 Å². The first-order valence-corrected chi connectivity index (χ1v) is 8.19. The molecule has 0 fully saturated rings. The number of nitrogens with zero attached hydrogens (tertiary/aromatic N) is 2. The number of aromatic nitrogens is 1. The van der Waals surface area contributed by atoms with Crippen LogP contribution in [0.2, 0.25) is 0 Å². The molecule has 24 heavy (non-hydrogen) atoms. The molecule has 0 N–H and O–H groups in total. The van der Waals surface area contributed by atoms with Gasteiger partial charge in [-0.1, -0.05) is 48.5 Å². The van der Waals surface area contributed by atoms with Gasteiger partial charge in [-0.15, -0.1) is 0 Å². The van der Waals surface area contributed by atoms with Crippen LogP contribution >= 0.6 is 0 Å². The van der Waals surface area contributed by atoms with E-state index in [0.29, 0.717) is 18.7 Å². The molecule has 1 aliphatic rings. The molecule has 2 heterocycles. The molecule has 4 rings (SSSR count). The minimum Gasteiger partial charge on any atom is -0.441 e. The predicted octanol–water partition coefficient (Wildman–Crippen LogP) is 3.86. The van der Waals surface area contributed by atoms with Crippen LogP contribution in [0.15, 0.2) is 65.2 Å².